The van der Waals surface area contributed by atoms with Gasteiger partial charge >= 0.3 is 0 Å². The molecule has 3 aromatic rings. The van der Waals surface area contributed by atoms with Crippen molar-refractivity contribution in [1.29, 1.82) is 0 Å². The van der Waals surface area contributed by atoms with E-state index in [1.807, 2.05) is 36.4 Å². The Morgan fingerprint density at radius 3 is 2.52 bits per heavy atom. The molecule has 108 valence electrons. The molecule has 3 aromatic carbocycles. The van der Waals surface area contributed by atoms with Crippen molar-refractivity contribution in [2.24, 2.45) is 4.99 Å². The summed E-state index contributed by atoms with van der Waals surface area (Å²) in [4.78, 5) is 17.3. The van der Waals surface area contributed by atoms with E-state index in [0.717, 1.165) is 34.5 Å². The molecule has 0 amide bonds. The Hall–Kier alpha value is -3.00. The van der Waals surface area contributed by atoms with Crippen LogP contribution >= 0.6 is 0 Å². The first-order valence-electron chi connectivity index (χ1n) is 7.75. The predicted molar refractivity (Wildman–Crippen MR) is 92.7 cm³/mol. The highest BCUT2D eigenvalue weighted by molar-refractivity contribution is 6.28. The molecule has 1 heterocycles. The van der Waals surface area contributed by atoms with Gasteiger partial charge in [-0.3, -0.25) is 4.79 Å². The highest BCUT2D eigenvalue weighted by atomic mass is 16.1. The molecule has 1 aliphatic carbocycles. The van der Waals surface area contributed by atoms with Gasteiger partial charge in [-0.05, 0) is 22.6 Å². The SMILES string of the molecule is O=C1C=C2Cc3ccc4ccccc4c3N=C2c2ccccc21. The standard InChI is InChI=1S/C21H13NO/c23-19-12-15-11-14-10-9-13-5-1-2-6-16(13)20(14)22-21(15)18-8-4-3-7-17(18)19/h1-10,12H,11H2. The van der Waals surface area contributed by atoms with Gasteiger partial charge in [0.15, 0.2) is 5.78 Å². The zero-order valence-corrected chi connectivity index (χ0v) is 12.4. The Morgan fingerprint density at radius 1 is 0.826 bits per heavy atom. The Labute approximate surface area is 133 Å². The summed E-state index contributed by atoms with van der Waals surface area (Å²) in [5, 5.41) is 2.37. The number of ketones is 1. The third-order valence-corrected chi connectivity index (χ3v) is 4.65. The minimum atomic E-state index is 0.0822. The Morgan fingerprint density at radius 2 is 1.61 bits per heavy atom. The predicted octanol–water partition coefficient (Wildman–Crippen LogP) is 4.64. The molecule has 0 saturated carbocycles. The number of hydrogen-bond donors (Lipinski definition) is 0. The number of benzene rings is 3. The fraction of sp³-hybridized carbons (Fsp3) is 0.0476. The monoisotopic (exact) mass is 295 g/mol. The van der Waals surface area contributed by atoms with E-state index < -0.39 is 0 Å². The molecule has 2 aliphatic rings. The summed E-state index contributed by atoms with van der Waals surface area (Å²) in [6.07, 6.45) is 2.51. The number of hydrogen-bond acceptors (Lipinski definition) is 2. The number of allylic oxidation sites excluding steroid dienone is 2. The van der Waals surface area contributed by atoms with Crippen LogP contribution in [0.15, 0.2) is 77.3 Å². The molecule has 2 nitrogen and oxygen atoms in total. The van der Waals surface area contributed by atoms with Gasteiger partial charge in [-0.1, -0.05) is 60.7 Å². The van der Waals surface area contributed by atoms with Crippen LogP contribution in [-0.2, 0) is 6.42 Å². The van der Waals surface area contributed by atoms with Crippen molar-refractivity contribution in [2.75, 3.05) is 0 Å². The van der Waals surface area contributed by atoms with E-state index in [0.29, 0.717) is 0 Å². The molecule has 0 saturated heterocycles. The van der Waals surface area contributed by atoms with E-state index >= 15 is 0 Å². The number of fused-ring (bicyclic) bond motifs is 6. The lowest BCUT2D eigenvalue weighted by Crippen LogP contribution is -2.21. The topological polar surface area (TPSA) is 29.4 Å². The van der Waals surface area contributed by atoms with Gasteiger partial charge < -0.3 is 0 Å². The summed E-state index contributed by atoms with van der Waals surface area (Å²) < 4.78 is 0. The number of nitrogens with zero attached hydrogens (tertiary/aromatic N) is 1. The van der Waals surface area contributed by atoms with Crippen molar-refractivity contribution in [2.45, 2.75) is 6.42 Å². The van der Waals surface area contributed by atoms with Crippen molar-refractivity contribution in [1.82, 2.24) is 0 Å². The number of rotatable bonds is 0. The molecule has 0 bridgehead atoms. The largest absolute Gasteiger partial charge is 0.289 e. The molecule has 0 atom stereocenters. The molecule has 0 spiro atoms. The third-order valence-electron chi connectivity index (χ3n) is 4.65. The van der Waals surface area contributed by atoms with Gasteiger partial charge in [-0.25, -0.2) is 4.99 Å². The van der Waals surface area contributed by atoms with Crippen molar-refractivity contribution in [3.8, 4) is 0 Å². The second-order valence-corrected chi connectivity index (χ2v) is 6.01. The van der Waals surface area contributed by atoms with E-state index in [-0.39, 0.29) is 5.78 Å². The molecular weight excluding hydrogens is 282 g/mol. The van der Waals surface area contributed by atoms with Gasteiger partial charge in [0.2, 0.25) is 0 Å². The first-order chi connectivity index (χ1) is 11.3. The summed E-state index contributed by atoms with van der Waals surface area (Å²) in [6, 6.07) is 20.3. The fourth-order valence-electron chi connectivity index (χ4n) is 3.54. The molecular formula is C21H13NO. The molecule has 0 aromatic heterocycles. The fourth-order valence-corrected chi connectivity index (χ4v) is 3.54. The average Bonchev–Trinajstić information content (AvgIpc) is 2.60. The highest BCUT2D eigenvalue weighted by Gasteiger charge is 2.27. The van der Waals surface area contributed by atoms with Crippen LogP contribution in [0.3, 0.4) is 0 Å². The first-order valence-corrected chi connectivity index (χ1v) is 7.75. The van der Waals surface area contributed by atoms with Crippen LogP contribution < -0.4 is 0 Å². The number of carbonyl (C=O) groups excluding carboxylic acids is 1. The Kier molecular flexibility index (Phi) is 2.45. The van der Waals surface area contributed by atoms with Gasteiger partial charge in [-0.15, -0.1) is 0 Å². The normalized spacial score (nSPS) is 15.4. The molecule has 0 fully saturated rings. The van der Waals surface area contributed by atoms with E-state index in [2.05, 4.69) is 24.3 Å². The highest BCUT2D eigenvalue weighted by Crippen LogP contribution is 2.38. The van der Waals surface area contributed by atoms with Crippen LogP contribution in [0, 0.1) is 0 Å². The van der Waals surface area contributed by atoms with Gasteiger partial charge in [0.1, 0.15) is 0 Å². The lowest BCUT2D eigenvalue weighted by Gasteiger charge is -2.24. The molecule has 2 heteroatoms. The molecule has 1 aliphatic heterocycles. The maximum absolute atomic E-state index is 12.3. The van der Waals surface area contributed by atoms with Crippen LogP contribution in [0.25, 0.3) is 10.8 Å². The maximum atomic E-state index is 12.3. The average molecular weight is 295 g/mol. The zero-order chi connectivity index (χ0) is 15.4. The van der Waals surface area contributed by atoms with E-state index in [1.54, 1.807) is 6.08 Å². The molecule has 5 rings (SSSR count). The van der Waals surface area contributed by atoms with Crippen LogP contribution in [0.2, 0.25) is 0 Å². The summed E-state index contributed by atoms with van der Waals surface area (Å²) in [5.41, 5.74) is 5.90. The smallest absolute Gasteiger partial charge is 0.186 e. The van der Waals surface area contributed by atoms with Crippen molar-refractivity contribution >= 4 is 28.0 Å². The quantitative estimate of drug-likeness (QED) is 0.594. The lowest BCUT2D eigenvalue weighted by molar-refractivity contribution is 0.104. The lowest BCUT2D eigenvalue weighted by atomic mass is 9.83. The van der Waals surface area contributed by atoms with E-state index in [9.17, 15) is 4.79 Å². The minimum absolute atomic E-state index is 0.0822. The third kappa shape index (κ3) is 1.75. The van der Waals surface area contributed by atoms with E-state index in [4.69, 9.17) is 4.99 Å². The van der Waals surface area contributed by atoms with Gasteiger partial charge in [0.25, 0.3) is 0 Å². The van der Waals surface area contributed by atoms with Gasteiger partial charge in [0.05, 0.1) is 11.4 Å². The Balaban J connectivity index is 1.84. The molecule has 23 heavy (non-hydrogen) atoms. The number of carbonyl (C=O) groups is 1. The van der Waals surface area contributed by atoms with Gasteiger partial charge in [-0.2, -0.15) is 0 Å². The molecule has 0 radical (unpaired) electrons. The summed E-state index contributed by atoms with van der Waals surface area (Å²) in [6.45, 7) is 0. The molecule has 0 N–H and O–H groups in total. The number of aliphatic imine (C=N–C) groups is 1. The van der Waals surface area contributed by atoms with Gasteiger partial charge in [0, 0.05) is 22.9 Å². The van der Waals surface area contributed by atoms with Crippen LogP contribution in [0.5, 0.6) is 0 Å². The Bertz CT molecular complexity index is 1060. The molecule has 0 unspecified atom stereocenters. The summed E-state index contributed by atoms with van der Waals surface area (Å²) in [5.74, 6) is 0.0822. The minimum Gasteiger partial charge on any atom is -0.289 e. The van der Waals surface area contributed by atoms with Crippen LogP contribution in [0.4, 0.5) is 5.69 Å². The zero-order valence-electron chi connectivity index (χ0n) is 12.4. The summed E-state index contributed by atoms with van der Waals surface area (Å²) in [7, 11) is 0. The van der Waals surface area contributed by atoms with E-state index in [1.165, 1.54) is 16.3 Å². The maximum Gasteiger partial charge on any atom is 0.186 e. The van der Waals surface area contributed by atoms with Crippen molar-refractivity contribution in [3.05, 3.63) is 89.0 Å². The van der Waals surface area contributed by atoms with Crippen molar-refractivity contribution in [3.63, 3.8) is 0 Å². The van der Waals surface area contributed by atoms with Crippen LogP contribution in [-0.4, -0.2) is 11.5 Å². The second kappa shape index (κ2) is 4.50. The van der Waals surface area contributed by atoms with Crippen LogP contribution in [0.1, 0.15) is 21.5 Å². The first kappa shape index (κ1) is 12.5. The second-order valence-electron chi connectivity index (χ2n) is 6.01. The summed E-state index contributed by atoms with van der Waals surface area (Å²) >= 11 is 0. The van der Waals surface area contributed by atoms with Crippen molar-refractivity contribution < 1.29 is 4.79 Å².